The minimum atomic E-state index is -3.80. The van der Waals surface area contributed by atoms with E-state index >= 15 is 0 Å². The number of hydrogen-bond acceptors (Lipinski definition) is 8. The zero-order valence-corrected chi connectivity index (χ0v) is 17.5. The summed E-state index contributed by atoms with van der Waals surface area (Å²) in [6.45, 7) is 7.06. The van der Waals surface area contributed by atoms with Crippen LogP contribution in [0.3, 0.4) is 0 Å². The van der Waals surface area contributed by atoms with Gasteiger partial charge in [0.1, 0.15) is 9.88 Å². The molecule has 3 rings (SSSR count). The molecule has 0 aliphatic heterocycles. The van der Waals surface area contributed by atoms with E-state index in [9.17, 15) is 13.2 Å². The van der Waals surface area contributed by atoms with Crippen molar-refractivity contribution in [1.29, 1.82) is 0 Å². The molecule has 0 fully saturated rings. The van der Waals surface area contributed by atoms with Crippen LogP contribution in [0, 0.1) is 27.7 Å². The van der Waals surface area contributed by atoms with E-state index in [1.54, 1.807) is 39.0 Å². The molecule has 1 aromatic carbocycles. The van der Waals surface area contributed by atoms with Crippen LogP contribution >= 0.6 is 22.7 Å². The van der Waals surface area contributed by atoms with E-state index in [-0.39, 0.29) is 10.0 Å². The number of thiazole rings is 1. The first-order chi connectivity index (χ1) is 12.7. The summed E-state index contributed by atoms with van der Waals surface area (Å²) in [7, 11) is -3.80. The molecule has 0 bridgehead atoms. The zero-order chi connectivity index (χ0) is 19.8. The van der Waals surface area contributed by atoms with Crippen LogP contribution in [0.1, 0.15) is 31.5 Å². The highest BCUT2D eigenvalue weighted by Crippen LogP contribution is 2.27. The summed E-state index contributed by atoms with van der Waals surface area (Å²) in [5.41, 5.74) is 2.04. The van der Waals surface area contributed by atoms with E-state index < -0.39 is 15.9 Å². The molecule has 8 nitrogen and oxygen atoms in total. The normalized spacial score (nSPS) is 11.4. The molecule has 2 aromatic heterocycles. The Bertz CT molecular complexity index is 1120. The smallest absolute Gasteiger partial charge is 0.269 e. The second kappa shape index (κ2) is 7.33. The van der Waals surface area contributed by atoms with Gasteiger partial charge in [0.25, 0.3) is 15.9 Å². The van der Waals surface area contributed by atoms with Crippen LogP contribution in [0.4, 0.5) is 10.3 Å². The number of hydrogen-bond donors (Lipinski definition) is 2. The van der Waals surface area contributed by atoms with Crippen molar-refractivity contribution in [3.05, 3.63) is 44.9 Å². The lowest BCUT2D eigenvalue weighted by atomic mass is 10.2. The fraction of sp³-hybridized carbons (Fsp3) is 0.250. The molecule has 142 valence electrons. The van der Waals surface area contributed by atoms with Crippen molar-refractivity contribution in [1.82, 2.24) is 15.2 Å². The van der Waals surface area contributed by atoms with Crippen LogP contribution in [0.2, 0.25) is 0 Å². The number of anilines is 2. The predicted molar refractivity (Wildman–Crippen MR) is 106 cm³/mol. The van der Waals surface area contributed by atoms with E-state index in [4.69, 9.17) is 0 Å². The third kappa shape index (κ3) is 4.31. The van der Waals surface area contributed by atoms with Crippen molar-refractivity contribution in [3.63, 3.8) is 0 Å². The van der Waals surface area contributed by atoms with Crippen molar-refractivity contribution in [2.45, 2.75) is 32.6 Å². The van der Waals surface area contributed by atoms with E-state index in [2.05, 4.69) is 25.2 Å². The Labute approximate surface area is 164 Å². The summed E-state index contributed by atoms with van der Waals surface area (Å²) < 4.78 is 27.8. The van der Waals surface area contributed by atoms with Gasteiger partial charge in [-0.25, -0.2) is 13.4 Å². The van der Waals surface area contributed by atoms with Crippen LogP contribution in [-0.4, -0.2) is 29.5 Å². The van der Waals surface area contributed by atoms with Gasteiger partial charge in [0.2, 0.25) is 5.13 Å². The Morgan fingerprint density at radius 3 is 2.41 bits per heavy atom. The molecule has 2 heterocycles. The summed E-state index contributed by atoms with van der Waals surface area (Å²) in [5, 5.41) is 11.6. The number of sulfonamides is 1. The number of benzene rings is 1. The molecular formula is C16H17N5O3S3. The quantitative estimate of drug-likeness (QED) is 0.651. The van der Waals surface area contributed by atoms with Crippen LogP contribution < -0.4 is 10.0 Å². The maximum atomic E-state index is 12.7. The summed E-state index contributed by atoms with van der Waals surface area (Å²) in [4.78, 5) is 17.1. The minimum absolute atomic E-state index is 0.131. The average Bonchev–Trinajstić information content (AvgIpc) is 3.11. The van der Waals surface area contributed by atoms with Gasteiger partial charge in [-0.1, -0.05) is 40.4 Å². The summed E-state index contributed by atoms with van der Waals surface area (Å²) >= 11 is 2.22. The highest BCUT2D eigenvalue weighted by molar-refractivity contribution is 7.93. The fourth-order valence-corrected chi connectivity index (χ4v) is 5.33. The first-order valence-electron chi connectivity index (χ1n) is 7.84. The molecule has 1 amide bonds. The molecule has 0 atom stereocenters. The molecule has 0 aliphatic carbocycles. The third-order valence-corrected chi connectivity index (χ3v) is 7.05. The lowest BCUT2D eigenvalue weighted by Crippen LogP contribution is -2.14. The van der Waals surface area contributed by atoms with Crippen LogP contribution in [0.5, 0.6) is 0 Å². The Morgan fingerprint density at radius 2 is 1.78 bits per heavy atom. The molecule has 0 saturated heterocycles. The SMILES string of the molecule is Cc1ccc(S(=O)(=O)Nc2nc(C)c(C(=O)Nc3nnc(C)s3)s2)c(C)c1. The van der Waals surface area contributed by atoms with Gasteiger partial charge in [0.15, 0.2) is 5.13 Å². The molecule has 0 spiro atoms. The Balaban J connectivity index is 1.82. The first kappa shape index (κ1) is 19.4. The zero-order valence-electron chi connectivity index (χ0n) is 15.0. The average molecular weight is 424 g/mol. The van der Waals surface area contributed by atoms with Gasteiger partial charge in [0, 0.05) is 0 Å². The monoisotopic (exact) mass is 423 g/mol. The number of carbonyl (C=O) groups is 1. The molecule has 0 unspecified atom stereocenters. The van der Waals surface area contributed by atoms with Gasteiger partial charge in [-0.3, -0.25) is 14.8 Å². The number of amides is 1. The third-order valence-electron chi connectivity index (χ3n) is 3.59. The number of rotatable bonds is 5. The lowest BCUT2D eigenvalue weighted by Gasteiger charge is -2.08. The van der Waals surface area contributed by atoms with Crippen molar-refractivity contribution in [3.8, 4) is 0 Å². The Hall–Kier alpha value is -2.37. The molecule has 11 heteroatoms. The van der Waals surface area contributed by atoms with Crippen LogP contribution in [0.25, 0.3) is 0 Å². The number of nitrogens with zero attached hydrogens (tertiary/aromatic N) is 3. The summed E-state index contributed by atoms with van der Waals surface area (Å²) in [5.74, 6) is -0.405. The van der Waals surface area contributed by atoms with E-state index in [0.717, 1.165) is 21.9 Å². The van der Waals surface area contributed by atoms with Crippen molar-refractivity contribution < 1.29 is 13.2 Å². The van der Waals surface area contributed by atoms with Crippen molar-refractivity contribution in [2.75, 3.05) is 10.0 Å². The number of aromatic nitrogens is 3. The van der Waals surface area contributed by atoms with Crippen LogP contribution in [0.15, 0.2) is 23.1 Å². The highest BCUT2D eigenvalue weighted by atomic mass is 32.2. The van der Waals surface area contributed by atoms with E-state index in [1.165, 1.54) is 11.3 Å². The fourth-order valence-electron chi connectivity index (χ4n) is 2.42. The molecule has 27 heavy (non-hydrogen) atoms. The Kier molecular flexibility index (Phi) is 5.27. The molecule has 0 aliphatic rings. The second-order valence-corrected chi connectivity index (χ2v) is 9.72. The van der Waals surface area contributed by atoms with E-state index in [0.29, 0.717) is 21.3 Å². The van der Waals surface area contributed by atoms with Gasteiger partial charge < -0.3 is 0 Å². The predicted octanol–water partition coefficient (Wildman–Crippen LogP) is 3.28. The van der Waals surface area contributed by atoms with Crippen molar-refractivity contribution in [2.24, 2.45) is 0 Å². The van der Waals surface area contributed by atoms with Gasteiger partial charge >= 0.3 is 0 Å². The number of carbonyl (C=O) groups excluding carboxylic acids is 1. The summed E-state index contributed by atoms with van der Waals surface area (Å²) in [6, 6.07) is 5.08. The summed E-state index contributed by atoms with van der Waals surface area (Å²) in [6.07, 6.45) is 0. The molecular weight excluding hydrogens is 406 g/mol. The molecule has 3 aromatic rings. The second-order valence-electron chi connectivity index (χ2n) is 5.89. The molecule has 0 saturated carbocycles. The molecule has 2 N–H and O–H groups in total. The minimum Gasteiger partial charge on any atom is -0.296 e. The number of aryl methyl sites for hydroxylation is 4. The largest absolute Gasteiger partial charge is 0.296 e. The highest BCUT2D eigenvalue weighted by Gasteiger charge is 2.22. The van der Waals surface area contributed by atoms with Crippen LogP contribution in [-0.2, 0) is 10.0 Å². The molecule has 0 radical (unpaired) electrons. The number of nitrogens with one attached hydrogen (secondary N) is 2. The van der Waals surface area contributed by atoms with Gasteiger partial charge in [-0.05, 0) is 39.3 Å². The lowest BCUT2D eigenvalue weighted by molar-refractivity contribution is 0.102. The first-order valence-corrected chi connectivity index (χ1v) is 11.0. The maximum absolute atomic E-state index is 12.7. The Morgan fingerprint density at radius 1 is 1.04 bits per heavy atom. The maximum Gasteiger partial charge on any atom is 0.269 e. The van der Waals surface area contributed by atoms with Crippen molar-refractivity contribution >= 4 is 48.9 Å². The standard InChI is InChI=1S/C16H17N5O3S3/c1-8-5-6-12(9(2)7-8)27(23,24)21-16-17-10(3)13(26-16)14(22)18-15-20-19-11(4)25-15/h5-7H,1-4H3,(H,17,21)(H,18,20,22). The van der Waals surface area contributed by atoms with Gasteiger partial charge in [-0.15, -0.1) is 10.2 Å². The van der Waals surface area contributed by atoms with Gasteiger partial charge in [-0.2, -0.15) is 0 Å². The van der Waals surface area contributed by atoms with E-state index in [1.807, 2.05) is 6.92 Å². The van der Waals surface area contributed by atoms with Gasteiger partial charge in [0.05, 0.1) is 10.6 Å². The topological polar surface area (TPSA) is 114 Å².